The van der Waals surface area contributed by atoms with Gasteiger partial charge in [-0.15, -0.1) is 0 Å². The van der Waals surface area contributed by atoms with Crippen molar-refractivity contribution in [1.29, 1.82) is 0 Å². The molecule has 0 fully saturated rings. The highest BCUT2D eigenvalue weighted by atomic mass is 16.5. The summed E-state index contributed by atoms with van der Waals surface area (Å²) in [7, 11) is 1.50. The van der Waals surface area contributed by atoms with Gasteiger partial charge in [0.05, 0.1) is 7.11 Å². The van der Waals surface area contributed by atoms with Crippen LogP contribution in [0.15, 0.2) is 24.3 Å². The molecule has 2 N–H and O–H groups in total. The largest absolute Gasteiger partial charge is 0.497 e. The number of aliphatic carboxylic acids is 1. The molecule has 1 rings (SSSR count). The molecule has 0 aliphatic heterocycles. The third-order valence-electron chi connectivity index (χ3n) is 2.34. The van der Waals surface area contributed by atoms with E-state index in [4.69, 9.17) is 9.84 Å². The van der Waals surface area contributed by atoms with Crippen LogP contribution in [0.1, 0.15) is 23.7 Å². The number of carboxylic acid groups (broad SMARTS) is 1. The van der Waals surface area contributed by atoms with Crippen LogP contribution < -0.4 is 10.1 Å². The maximum absolute atomic E-state index is 11.8. The summed E-state index contributed by atoms with van der Waals surface area (Å²) in [6, 6.07) is 5.69. The lowest BCUT2D eigenvalue weighted by molar-refractivity contribution is -0.139. The van der Waals surface area contributed by atoms with Gasteiger partial charge in [0.25, 0.3) is 5.91 Å². The van der Waals surface area contributed by atoms with E-state index in [0.29, 0.717) is 17.7 Å². The van der Waals surface area contributed by atoms with Gasteiger partial charge < -0.3 is 15.2 Å². The van der Waals surface area contributed by atoms with Crippen molar-refractivity contribution in [2.45, 2.75) is 19.4 Å². The third kappa shape index (κ3) is 3.48. The number of amides is 1. The summed E-state index contributed by atoms with van der Waals surface area (Å²) in [5.41, 5.74) is 0.379. The normalized spacial score (nSPS) is 11.6. The molecule has 0 bridgehead atoms. The van der Waals surface area contributed by atoms with Gasteiger partial charge in [-0.3, -0.25) is 4.79 Å². The van der Waals surface area contributed by atoms with Crippen molar-refractivity contribution in [2.24, 2.45) is 0 Å². The number of ether oxygens (including phenoxy) is 1. The molecule has 0 aliphatic carbocycles. The maximum atomic E-state index is 11.8. The van der Waals surface area contributed by atoms with Gasteiger partial charge in [0, 0.05) is 5.56 Å². The van der Waals surface area contributed by atoms with E-state index < -0.39 is 17.9 Å². The van der Waals surface area contributed by atoms with Gasteiger partial charge >= 0.3 is 5.97 Å². The van der Waals surface area contributed by atoms with E-state index in [1.54, 1.807) is 31.2 Å². The van der Waals surface area contributed by atoms with Gasteiger partial charge in [-0.05, 0) is 24.6 Å². The molecule has 0 spiro atoms. The molecule has 17 heavy (non-hydrogen) atoms. The van der Waals surface area contributed by atoms with E-state index in [2.05, 4.69) is 5.32 Å². The lowest BCUT2D eigenvalue weighted by Crippen LogP contribution is -2.40. The summed E-state index contributed by atoms with van der Waals surface area (Å²) in [6.45, 7) is 1.70. The van der Waals surface area contributed by atoms with E-state index >= 15 is 0 Å². The standard InChI is InChI=1S/C12H15NO4/c1-3-10(12(15)16)13-11(14)8-5-4-6-9(7-8)17-2/h4-7,10H,3H2,1-2H3,(H,13,14)(H,15,16)/t10-/m0/s1. The fourth-order valence-corrected chi connectivity index (χ4v) is 1.34. The van der Waals surface area contributed by atoms with Gasteiger partial charge in [0.1, 0.15) is 11.8 Å². The zero-order valence-electron chi connectivity index (χ0n) is 9.77. The van der Waals surface area contributed by atoms with Crippen LogP contribution in [0.4, 0.5) is 0 Å². The molecule has 1 aromatic rings. The van der Waals surface area contributed by atoms with Crippen LogP contribution in [-0.2, 0) is 4.79 Å². The molecule has 1 atom stereocenters. The van der Waals surface area contributed by atoms with Gasteiger partial charge in [0.15, 0.2) is 0 Å². The molecule has 0 aromatic heterocycles. The molecule has 1 amide bonds. The van der Waals surface area contributed by atoms with Crippen LogP contribution >= 0.6 is 0 Å². The smallest absolute Gasteiger partial charge is 0.326 e. The zero-order chi connectivity index (χ0) is 12.8. The topological polar surface area (TPSA) is 75.6 Å². The van der Waals surface area contributed by atoms with Crippen LogP contribution in [0.5, 0.6) is 5.75 Å². The lowest BCUT2D eigenvalue weighted by Gasteiger charge is -2.12. The number of carbonyl (C=O) groups excluding carboxylic acids is 1. The van der Waals surface area contributed by atoms with Gasteiger partial charge in [-0.25, -0.2) is 4.79 Å². The van der Waals surface area contributed by atoms with E-state index in [1.165, 1.54) is 7.11 Å². The predicted octanol–water partition coefficient (Wildman–Crippen LogP) is 1.29. The average Bonchev–Trinajstić information content (AvgIpc) is 2.35. The third-order valence-corrected chi connectivity index (χ3v) is 2.34. The molecule has 92 valence electrons. The van der Waals surface area contributed by atoms with Crippen LogP contribution in [0.2, 0.25) is 0 Å². The van der Waals surface area contributed by atoms with E-state index in [-0.39, 0.29) is 0 Å². The van der Waals surface area contributed by atoms with E-state index in [0.717, 1.165) is 0 Å². The van der Waals surface area contributed by atoms with Crippen LogP contribution in [0.3, 0.4) is 0 Å². The van der Waals surface area contributed by atoms with Crippen LogP contribution in [0.25, 0.3) is 0 Å². The van der Waals surface area contributed by atoms with E-state index in [1.807, 2.05) is 0 Å². The molecule has 0 aliphatic rings. The number of hydrogen-bond acceptors (Lipinski definition) is 3. The summed E-state index contributed by atoms with van der Waals surface area (Å²) in [5, 5.41) is 11.3. The fraction of sp³-hybridized carbons (Fsp3) is 0.333. The number of hydrogen-bond donors (Lipinski definition) is 2. The Kier molecular flexibility index (Phi) is 4.51. The first-order valence-electron chi connectivity index (χ1n) is 5.26. The van der Waals surface area contributed by atoms with Crippen molar-refractivity contribution < 1.29 is 19.4 Å². The number of benzene rings is 1. The Morgan fingerprint density at radius 3 is 2.71 bits per heavy atom. The van der Waals surface area contributed by atoms with Crippen LogP contribution in [-0.4, -0.2) is 30.1 Å². The van der Waals surface area contributed by atoms with Crippen molar-refractivity contribution in [2.75, 3.05) is 7.11 Å². The molecular formula is C12H15NO4. The number of carbonyl (C=O) groups is 2. The zero-order valence-corrected chi connectivity index (χ0v) is 9.77. The number of methoxy groups -OCH3 is 1. The molecule has 0 heterocycles. The Labute approximate surface area is 99.4 Å². The fourth-order valence-electron chi connectivity index (χ4n) is 1.34. The summed E-state index contributed by atoms with van der Waals surface area (Å²) < 4.78 is 4.99. The highest BCUT2D eigenvalue weighted by molar-refractivity contribution is 5.96. The second kappa shape index (κ2) is 5.89. The summed E-state index contributed by atoms with van der Waals surface area (Å²) in [6.07, 6.45) is 0.338. The number of nitrogens with one attached hydrogen (secondary N) is 1. The summed E-state index contributed by atoms with van der Waals surface area (Å²) >= 11 is 0. The average molecular weight is 237 g/mol. The molecule has 0 radical (unpaired) electrons. The first-order valence-corrected chi connectivity index (χ1v) is 5.26. The highest BCUT2D eigenvalue weighted by Gasteiger charge is 2.18. The Balaban J connectivity index is 2.78. The van der Waals surface area contributed by atoms with E-state index in [9.17, 15) is 9.59 Å². The van der Waals surface area contributed by atoms with Crippen molar-refractivity contribution in [1.82, 2.24) is 5.32 Å². The minimum Gasteiger partial charge on any atom is -0.497 e. The number of rotatable bonds is 5. The Hall–Kier alpha value is -2.04. The Bertz CT molecular complexity index is 417. The first-order chi connectivity index (χ1) is 8.08. The lowest BCUT2D eigenvalue weighted by atomic mass is 10.1. The van der Waals surface area contributed by atoms with Crippen molar-refractivity contribution in [3.05, 3.63) is 29.8 Å². The second-order valence-corrected chi connectivity index (χ2v) is 3.50. The minimum atomic E-state index is -1.04. The number of carboxylic acids is 1. The summed E-state index contributed by atoms with van der Waals surface area (Å²) in [5.74, 6) is -0.900. The molecular weight excluding hydrogens is 222 g/mol. The molecule has 1 aromatic carbocycles. The Morgan fingerprint density at radius 1 is 1.47 bits per heavy atom. The monoisotopic (exact) mass is 237 g/mol. The minimum absolute atomic E-state index is 0.338. The first kappa shape index (κ1) is 13.0. The molecule has 0 saturated heterocycles. The molecule has 0 unspecified atom stereocenters. The molecule has 5 nitrogen and oxygen atoms in total. The molecule has 5 heteroatoms. The van der Waals surface area contributed by atoms with Crippen molar-refractivity contribution >= 4 is 11.9 Å². The quantitative estimate of drug-likeness (QED) is 0.809. The van der Waals surface area contributed by atoms with Crippen molar-refractivity contribution in [3.63, 3.8) is 0 Å². The van der Waals surface area contributed by atoms with Gasteiger partial charge in [-0.2, -0.15) is 0 Å². The Morgan fingerprint density at radius 2 is 2.18 bits per heavy atom. The van der Waals surface area contributed by atoms with Crippen molar-refractivity contribution in [3.8, 4) is 5.75 Å². The SMILES string of the molecule is CC[C@H](NC(=O)c1cccc(OC)c1)C(=O)O. The maximum Gasteiger partial charge on any atom is 0.326 e. The van der Waals surface area contributed by atoms with Gasteiger partial charge in [0.2, 0.25) is 0 Å². The predicted molar refractivity (Wildman–Crippen MR) is 62.2 cm³/mol. The van der Waals surface area contributed by atoms with Crippen LogP contribution in [0, 0.1) is 0 Å². The molecule has 0 saturated carbocycles. The van der Waals surface area contributed by atoms with Gasteiger partial charge in [-0.1, -0.05) is 13.0 Å². The summed E-state index contributed by atoms with van der Waals surface area (Å²) in [4.78, 5) is 22.5. The second-order valence-electron chi connectivity index (χ2n) is 3.50. The highest BCUT2D eigenvalue weighted by Crippen LogP contribution is 2.12.